The Kier molecular flexibility index (Phi) is 3.08. The Morgan fingerprint density at radius 2 is 2.18 bits per heavy atom. The first-order chi connectivity index (χ1) is 8.13. The first-order valence-corrected chi connectivity index (χ1v) is 5.54. The van der Waals surface area contributed by atoms with Gasteiger partial charge in [-0.15, -0.1) is 0 Å². The van der Waals surface area contributed by atoms with Gasteiger partial charge in [0.25, 0.3) is 0 Å². The summed E-state index contributed by atoms with van der Waals surface area (Å²) >= 11 is 0. The molecule has 0 saturated heterocycles. The maximum absolute atomic E-state index is 12.8. The van der Waals surface area contributed by atoms with Crippen LogP contribution in [0.4, 0.5) is 10.2 Å². The molecule has 4 nitrogen and oxygen atoms in total. The van der Waals surface area contributed by atoms with Gasteiger partial charge in [-0.2, -0.15) is 5.10 Å². The van der Waals surface area contributed by atoms with E-state index < -0.39 is 0 Å². The molecule has 0 radical (unpaired) electrons. The standard InChI is InChI=1S/C12H15FN4/c1-3-11(10-5-4-9(13)7-15-10)17-12(14)8(2)6-16-17/h4-7,11H,3,14H2,1-2H3. The minimum absolute atomic E-state index is 0.0516. The number of aromatic nitrogens is 3. The fourth-order valence-corrected chi connectivity index (χ4v) is 1.80. The highest BCUT2D eigenvalue weighted by Gasteiger charge is 2.17. The van der Waals surface area contributed by atoms with Gasteiger partial charge in [0.05, 0.1) is 24.1 Å². The smallest absolute Gasteiger partial charge is 0.141 e. The molecule has 0 bridgehead atoms. The summed E-state index contributed by atoms with van der Waals surface area (Å²) in [6, 6.07) is 3.02. The third kappa shape index (κ3) is 2.13. The van der Waals surface area contributed by atoms with Crippen molar-refractivity contribution in [1.29, 1.82) is 0 Å². The van der Waals surface area contributed by atoms with Gasteiger partial charge in [-0.3, -0.25) is 4.98 Å². The number of halogens is 1. The lowest BCUT2D eigenvalue weighted by molar-refractivity contribution is 0.501. The van der Waals surface area contributed by atoms with Gasteiger partial charge in [0, 0.05) is 5.56 Å². The fourth-order valence-electron chi connectivity index (χ4n) is 1.80. The minimum Gasteiger partial charge on any atom is -0.384 e. The summed E-state index contributed by atoms with van der Waals surface area (Å²) in [5, 5.41) is 4.24. The van der Waals surface area contributed by atoms with Gasteiger partial charge in [0.1, 0.15) is 11.6 Å². The van der Waals surface area contributed by atoms with Gasteiger partial charge < -0.3 is 5.73 Å². The number of nitrogen functional groups attached to an aromatic ring is 1. The van der Waals surface area contributed by atoms with Crippen molar-refractivity contribution in [3.05, 3.63) is 41.6 Å². The Labute approximate surface area is 99.3 Å². The summed E-state index contributed by atoms with van der Waals surface area (Å²) < 4.78 is 14.6. The van der Waals surface area contributed by atoms with Crippen LogP contribution in [0.1, 0.15) is 30.6 Å². The van der Waals surface area contributed by atoms with E-state index in [0.717, 1.165) is 17.7 Å². The van der Waals surface area contributed by atoms with Crippen LogP contribution in [-0.2, 0) is 0 Å². The number of pyridine rings is 1. The summed E-state index contributed by atoms with van der Waals surface area (Å²) in [7, 11) is 0. The lowest BCUT2D eigenvalue weighted by Gasteiger charge is -2.16. The van der Waals surface area contributed by atoms with Gasteiger partial charge in [0.15, 0.2) is 0 Å². The number of anilines is 1. The first-order valence-electron chi connectivity index (χ1n) is 5.54. The van der Waals surface area contributed by atoms with Crippen LogP contribution in [0, 0.1) is 12.7 Å². The molecule has 1 unspecified atom stereocenters. The minimum atomic E-state index is -0.340. The van der Waals surface area contributed by atoms with E-state index in [0.29, 0.717) is 5.82 Å². The zero-order chi connectivity index (χ0) is 12.4. The summed E-state index contributed by atoms with van der Waals surface area (Å²) in [5.41, 5.74) is 7.65. The van der Waals surface area contributed by atoms with Crippen molar-refractivity contribution in [2.24, 2.45) is 0 Å². The Hall–Kier alpha value is -1.91. The normalized spacial score (nSPS) is 12.6. The third-order valence-electron chi connectivity index (χ3n) is 2.80. The van der Waals surface area contributed by atoms with Gasteiger partial charge in [0.2, 0.25) is 0 Å². The Morgan fingerprint density at radius 1 is 1.41 bits per heavy atom. The average molecular weight is 234 g/mol. The lowest BCUT2D eigenvalue weighted by Crippen LogP contribution is -2.15. The Morgan fingerprint density at radius 3 is 2.65 bits per heavy atom. The Bertz CT molecular complexity index is 504. The van der Waals surface area contributed by atoms with Crippen LogP contribution in [0.2, 0.25) is 0 Å². The molecule has 0 spiro atoms. The molecular weight excluding hydrogens is 219 g/mol. The van der Waals surface area contributed by atoms with E-state index in [2.05, 4.69) is 10.1 Å². The molecular formula is C12H15FN4. The number of rotatable bonds is 3. The van der Waals surface area contributed by atoms with E-state index in [1.165, 1.54) is 12.3 Å². The molecule has 2 aromatic heterocycles. The number of hydrogen-bond donors (Lipinski definition) is 1. The summed E-state index contributed by atoms with van der Waals surface area (Å²) in [6.07, 6.45) is 3.73. The van der Waals surface area contributed by atoms with E-state index in [1.807, 2.05) is 13.8 Å². The molecule has 0 saturated carbocycles. The maximum atomic E-state index is 12.8. The molecule has 0 aliphatic rings. The van der Waals surface area contributed by atoms with Crippen molar-refractivity contribution >= 4 is 5.82 Å². The predicted molar refractivity (Wildman–Crippen MR) is 64.0 cm³/mol. The second-order valence-electron chi connectivity index (χ2n) is 3.98. The van der Waals surface area contributed by atoms with Gasteiger partial charge in [-0.25, -0.2) is 9.07 Å². The molecule has 0 aliphatic heterocycles. The zero-order valence-electron chi connectivity index (χ0n) is 9.89. The zero-order valence-corrected chi connectivity index (χ0v) is 9.89. The molecule has 2 N–H and O–H groups in total. The van der Waals surface area contributed by atoms with E-state index in [9.17, 15) is 4.39 Å². The largest absolute Gasteiger partial charge is 0.384 e. The van der Waals surface area contributed by atoms with Crippen LogP contribution in [0.25, 0.3) is 0 Å². The molecule has 1 atom stereocenters. The number of nitrogens with two attached hydrogens (primary N) is 1. The van der Waals surface area contributed by atoms with E-state index >= 15 is 0 Å². The highest BCUT2D eigenvalue weighted by atomic mass is 19.1. The highest BCUT2D eigenvalue weighted by molar-refractivity contribution is 5.38. The van der Waals surface area contributed by atoms with Gasteiger partial charge >= 0.3 is 0 Å². The number of aryl methyl sites for hydroxylation is 1. The van der Waals surface area contributed by atoms with Crippen molar-refractivity contribution in [1.82, 2.24) is 14.8 Å². The van der Waals surface area contributed by atoms with Crippen molar-refractivity contribution in [3.63, 3.8) is 0 Å². The van der Waals surface area contributed by atoms with Crippen molar-refractivity contribution in [3.8, 4) is 0 Å². The molecule has 2 heterocycles. The molecule has 0 aliphatic carbocycles. The van der Waals surface area contributed by atoms with Crippen LogP contribution >= 0.6 is 0 Å². The monoisotopic (exact) mass is 234 g/mol. The highest BCUT2D eigenvalue weighted by Crippen LogP contribution is 2.23. The van der Waals surface area contributed by atoms with Gasteiger partial charge in [-0.05, 0) is 25.5 Å². The summed E-state index contributed by atoms with van der Waals surface area (Å²) in [5.74, 6) is 0.288. The molecule has 0 amide bonds. The Balaban J connectivity index is 2.40. The van der Waals surface area contributed by atoms with Crippen LogP contribution in [0.3, 0.4) is 0 Å². The molecule has 17 heavy (non-hydrogen) atoms. The van der Waals surface area contributed by atoms with Crippen molar-refractivity contribution in [2.45, 2.75) is 26.3 Å². The quantitative estimate of drug-likeness (QED) is 0.886. The lowest BCUT2D eigenvalue weighted by atomic mass is 10.1. The predicted octanol–water partition coefficient (Wildman–Crippen LogP) is 2.31. The van der Waals surface area contributed by atoms with E-state index in [4.69, 9.17) is 5.73 Å². The fraction of sp³-hybridized carbons (Fsp3) is 0.333. The molecule has 0 aromatic carbocycles. The first kappa shape index (κ1) is 11.6. The van der Waals surface area contributed by atoms with Crippen LogP contribution in [0.5, 0.6) is 0 Å². The van der Waals surface area contributed by atoms with Crippen LogP contribution < -0.4 is 5.73 Å². The van der Waals surface area contributed by atoms with Crippen molar-refractivity contribution in [2.75, 3.05) is 5.73 Å². The molecule has 2 aromatic rings. The average Bonchev–Trinajstić information content (AvgIpc) is 2.65. The van der Waals surface area contributed by atoms with E-state index in [1.54, 1.807) is 16.9 Å². The third-order valence-corrected chi connectivity index (χ3v) is 2.80. The van der Waals surface area contributed by atoms with Gasteiger partial charge in [-0.1, -0.05) is 6.92 Å². The second kappa shape index (κ2) is 4.53. The van der Waals surface area contributed by atoms with Crippen molar-refractivity contribution < 1.29 is 4.39 Å². The van der Waals surface area contributed by atoms with Crippen LogP contribution in [0.15, 0.2) is 24.5 Å². The van der Waals surface area contributed by atoms with Crippen LogP contribution in [-0.4, -0.2) is 14.8 Å². The number of hydrogen-bond acceptors (Lipinski definition) is 3. The molecule has 90 valence electrons. The van der Waals surface area contributed by atoms with E-state index in [-0.39, 0.29) is 11.9 Å². The summed E-state index contributed by atoms with van der Waals surface area (Å²) in [4.78, 5) is 4.08. The maximum Gasteiger partial charge on any atom is 0.141 e. The topological polar surface area (TPSA) is 56.7 Å². The molecule has 0 fully saturated rings. The molecule has 2 rings (SSSR count). The SMILES string of the molecule is CCC(c1ccc(F)cn1)n1ncc(C)c1N. The second-order valence-corrected chi connectivity index (χ2v) is 3.98. The number of nitrogens with zero attached hydrogens (tertiary/aromatic N) is 3. The summed E-state index contributed by atoms with van der Waals surface area (Å²) in [6.45, 7) is 3.93. The molecule has 5 heteroatoms.